The fraction of sp³-hybridized carbons (Fsp3) is 0.333. The highest BCUT2D eigenvalue weighted by atomic mass is 35.5. The van der Waals surface area contributed by atoms with Crippen LogP contribution in [0, 0.1) is 0 Å². The molecule has 120 valence electrons. The number of hydrogen-bond donors (Lipinski definition) is 0. The van der Waals surface area contributed by atoms with Crippen molar-refractivity contribution in [2.75, 3.05) is 19.0 Å². The lowest BCUT2D eigenvalue weighted by Crippen LogP contribution is -2.20. The minimum atomic E-state index is -4.43. The first-order valence-electron chi connectivity index (χ1n) is 6.38. The topological polar surface area (TPSA) is 3.24 Å². The van der Waals surface area contributed by atoms with Gasteiger partial charge in [0.1, 0.15) is 0 Å². The Morgan fingerprint density at radius 1 is 1.14 bits per heavy atom. The van der Waals surface area contributed by atoms with Crippen LogP contribution in [0.25, 0.3) is 0 Å². The van der Waals surface area contributed by atoms with Crippen molar-refractivity contribution in [3.63, 3.8) is 0 Å². The first-order chi connectivity index (χ1) is 10.1. The lowest BCUT2D eigenvalue weighted by Gasteiger charge is -2.29. The molecule has 0 bridgehead atoms. The second-order valence-corrected chi connectivity index (χ2v) is 6.55. The third-order valence-corrected chi connectivity index (χ3v) is 4.34. The van der Waals surface area contributed by atoms with E-state index in [1.807, 2.05) is 0 Å². The van der Waals surface area contributed by atoms with E-state index in [1.54, 1.807) is 25.1 Å². The molecule has 1 aliphatic rings. The third-order valence-electron chi connectivity index (χ3n) is 3.38. The van der Waals surface area contributed by atoms with Gasteiger partial charge in [0.2, 0.25) is 0 Å². The Bertz CT molecular complexity index is 635. The molecule has 0 spiro atoms. The lowest BCUT2D eigenvalue weighted by molar-refractivity contribution is -0.137. The fourth-order valence-corrected chi connectivity index (χ4v) is 3.59. The van der Waals surface area contributed by atoms with Crippen LogP contribution in [0.4, 0.5) is 18.9 Å². The second kappa shape index (κ2) is 6.34. The van der Waals surface area contributed by atoms with Crippen LogP contribution in [0.3, 0.4) is 0 Å². The maximum Gasteiger partial charge on any atom is 0.416 e. The highest BCUT2D eigenvalue weighted by molar-refractivity contribution is 6.37. The van der Waals surface area contributed by atoms with E-state index in [1.165, 1.54) is 12.1 Å². The second-order valence-electron chi connectivity index (χ2n) is 5.17. The van der Waals surface area contributed by atoms with Gasteiger partial charge in [0.15, 0.2) is 0 Å². The number of benzene rings is 1. The molecule has 1 nitrogen and oxygen atoms in total. The van der Waals surface area contributed by atoms with Gasteiger partial charge < -0.3 is 4.90 Å². The summed E-state index contributed by atoms with van der Waals surface area (Å²) in [7, 11) is 3.50. The Hall–Kier alpha value is -0.840. The van der Waals surface area contributed by atoms with E-state index in [2.05, 4.69) is 0 Å². The van der Waals surface area contributed by atoms with Crippen molar-refractivity contribution < 1.29 is 13.2 Å². The first kappa shape index (κ1) is 17.5. The molecule has 0 saturated heterocycles. The monoisotopic (exact) mass is 369 g/mol. The molecule has 7 heteroatoms. The Morgan fingerprint density at radius 3 is 2.27 bits per heavy atom. The quantitative estimate of drug-likeness (QED) is 0.602. The molecule has 0 amide bonds. The van der Waals surface area contributed by atoms with E-state index in [-0.39, 0.29) is 0 Å². The molecule has 1 aromatic carbocycles. The zero-order valence-electron chi connectivity index (χ0n) is 11.8. The maximum absolute atomic E-state index is 13.0. The summed E-state index contributed by atoms with van der Waals surface area (Å²) in [5.74, 6) is -0.578. The van der Waals surface area contributed by atoms with Crippen LogP contribution in [0.2, 0.25) is 0 Å². The highest BCUT2D eigenvalue weighted by Crippen LogP contribution is 2.44. The Morgan fingerprint density at radius 2 is 1.77 bits per heavy atom. The Kier molecular flexibility index (Phi) is 5.05. The van der Waals surface area contributed by atoms with E-state index in [4.69, 9.17) is 34.8 Å². The minimum absolute atomic E-state index is 0.315. The number of hydrogen-bond acceptors (Lipinski definition) is 1. The van der Waals surface area contributed by atoms with E-state index >= 15 is 0 Å². The number of rotatable bonds is 2. The van der Waals surface area contributed by atoms with Crippen LogP contribution >= 0.6 is 34.8 Å². The molecule has 0 aliphatic heterocycles. The summed E-state index contributed by atoms with van der Waals surface area (Å²) in [5, 5.41) is 0.0711. The van der Waals surface area contributed by atoms with E-state index in [9.17, 15) is 13.2 Å². The Balaban J connectivity index is 2.59. The molecule has 2 atom stereocenters. The zero-order chi connectivity index (χ0) is 16.7. The largest absolute Gasteiger partial charge is 0.416 e. The van der Waals surface area contributed by atoms with Crippen molar-refractivity contribution in [3.05, 3.63) is 51.5 Å². The normalized spacial score (nSPS) is 22.2. The molecule has 0 fully saturated rings. The lowest BCUT2D eigenvalue weighted by atomic mass is 9.89. The van der Waals surface area contributed by atoms with Gasteiger partial charge in [0, 0.05) is 35.8 Å². The first-order valence-corrected chi connectivity index (χ1v) is 7.57. The molecule has 0 saturated carbocycles. The van der Waals surface area contributed by atoms with Gasteiger partial charge in [0.05, 0.1) is 10.9 Å². The summed E-state index contributed by atoms with van der Waals surface area (Å²) in [5.41, 5.74) is 0.310. The highest BCUT2D eigenvalue weighted by Gasteiger charge is 2.34. The van der Waals surface area contributed by atoms with Crippen LogP contribution in [0.1, 0.15) is 17.0 Å². The van der Waals surface area contributed by atoms with E-state index in [0.717, 1.165) is 12.1 Å². The molecule has 2 rings (SSSR count). The van der Waals surface area contributed by atoms with Crippen molar-refractivity contribution >= 4 is 40.5 Å². The van der Waals surface area contributed by atoms with Crippen molar-refractivity contribution in [2.45, 2.75) is 17.5 Å². The fourth-order valence-electron chi connectivity index (χ4n) is 2.38. The van der Waals surface area contributed by atoms with Gasteiger partial charge in [-0.3, -0.25) is 0 Å². The summed E-state index contributed by atoms with van der Waals surface area (Å²) >= 11 is 18.4. The van der Waals surface area contributed by atoms with Gasteiger partial charge >= 0.3 is 6.18 Å². The average molecular weight is 371 g/mol. The minimum Gasteiger partial charge on any atom is -0.377 e. The summed E-state index contributed by atoms with van der Waals surface area (Å²) < 4.78 is 39.0. The summed E-state index contributed by atoms with van der Waals surface area (Å²) in [6.45, 7) is 0. The van der Waals surface area contributed by atoms with Crippen LogP contribution in [-0.4, -0.2) is 19.5 Å². The molecule has 22 heavy (non-hydrogen) atoms. The van der Waals surface area contributed by atoms with Gasteiger partial charge in [-0.25, -0.2) is 0 Å². The molecule has 1 aliphatic carbocycles. The van der Waals surface area contributed by atoms with Crippen LogP contribution in [-0.2, 0) is 6.18 Å². The maximum atomic E-state index is 13.0. The van der Waals surface area contributed by atoms with Crippen molar-refractivity contribution in [1.82, 2.24) is 0 Å². The third kappa shape index (κ3) is 3.55. The van der Waals surface area contributed by atoms with Crippen molar-refractivity contribution in [2.24, 2.45) is 0 Å². The summed E-state index contributed by atoms with van der Waals surface area (Å²) in [6, 6.07) is 3.57. The van der Waals surface area contributed by atoms with E-state index < -0.39 is 23.0 Å². The summed E-state index contributed by atoms with van der Waals surface area (Å²) in [4.78, 5) is 1.73. The number of alkyl halides is 4. The predicted molar refractivity (Wildman–Crippen MR) is 86.0 cm³/mol. The molecular formula is C15H13Cl3F3N. The molecule has 0 aromatic heterocycles. The predicted octanol–water partition coefficient (Wildman–Crippen LogP) is 5.72. The van der Waals surface area contributed by atoms with Crippen LogP contribution in [0.15, 0.2) is 40.4 Å². The van der Waals surface area contributed by atoms with Gasteiger partial charge in [-0.1, -0.05) is 23.2 Å². The van der Waals surface area contributed by atoms with Crippen molar-refractivity contribution in [3.8, 4) is 0 Å². The van der Waals surface area contributed by atoms with Gasteiger partial charge in [-0.05, 0) is 35.9 Å². The zero-order valence-corrected chi connectivity index (χ0v) is 14.0. The van der Waals surface area contributed by atoms with E-state index in [0.29, 0.717) is 21.3 Å². The van der Waals surface area contributed by atoms with Crippen LogP contribution in [0.5, 0.6) is 0 Å². The van der Waals surface area contributed by atoms with Crippen LogP contribution < -0.4 is 4.90 Å². The smallest absolute Gasteiger partial charge is 0.377 e. The molecule has 1 aromatic rings. The molecule has 2 unspecified atom stereocenters. The molecular weight excluding hydrogens is 358 g/mol. The van der Waals surface area contributed by atoms with Gasteiger partial charge in [-0.15, -0.1) is 11.6 Å². The summed E-state index contributed by atoms with van der Waals surface area (Å²) in [6.07, 6.45) is -1.36. The SMILES string of the molecule is CN(C)c1ccc(C(F)(F)F)cc1C1C(Cl)=CC(Cl)=CC1Cl. The molecule has 0 heterocycles. The average Bonchev–Trinajstić information content (AvgIpc) is 2.36. The van der Waals surface area contributed by atoms with Gasteiger partial charge in [0.25, 0.3) is 0 Å². The van der Waals surface area contributed by atoms with Gasteiger partial charge in [-0.2, -0.15) is 13.2 Å². The van der Waals surface area contributed by atoms with Crippen molar-refractivity contribution in [1.29, 1.82) is 0 Å². The molecule has 0 N–H and O–H groups in total. The Labute approximate surface area is 141 Å². The molecule has 0 radical (unpaired) electrons. The number of anilines is 1. The number of halogens is 6. The number of nitrogens with zero attached hydrogens (tertiary/aromatic N) is 1. The standard InChI is InChI=1S/C15H13Cl3F3N/c1-22(2)13-4-3-8(15(19,20)21)5-10(13)14-11(17)6-9(16)7-12(14)18/h3-7,11,14H,1-2H3. The number of allylic oxidation sites excluding steroid dienone is 4.